The molecule has 10 heteroatoms. The van der Waals surface area contributed by atoms with Crippen molar-refractivity contribution in [2.45, 2.75) is 13.0 Å². The Labute approximate surface area is 160 Å². The topological polar surface area (TPSA) is 124 Å². The van der Waals surface area contributed by atoms with Crippen molar-refractivity contribution in [3.05, 3.63) is 52.9 Å². The van der Waals surface area contributed by atoms with Gasteiger partial charge in [-0.1, -0.05) is 0 Å². The maximum atomic E-state index is 14.4. The average Bonchev–Trinajstić information content (AvgIpc) is 2.66. The number of fused-ring (bicyclic) bond motifs is 1. The van der Waals surface area contributed by atoms with Crippen LogP contribution in [-0.4, -0.2) is 46.8 Å². The molecule has 0 radical (unpaired) electrons. The standard InChI is InChI=1S/C18H21F2N7O/c1-26(25-23)17(21)9-27-5-4-12-13(11-3-2-10(19)6-14(11)20)7-15(18(22)28)24-16(12)8-27/h2-3,6-7,21,25H,4-5,8-9,23H2,1H3,(H2,22,28). The lowest BCUT2D eigenvalue weighted by Crippen LogP contribution is -2.48. The number of aromatic nitrogens is 1. The van der Waals surface area contributed by atoms with Crippen LogP contribution in [0.25, 0.3) is 11.1 Å². The Morgan fingerprint density at radius 1 is 1.36 bits per heavy atom. The number of nitrogens with two attached hydrogens (primary N) is 2. The average molecular weight is 389 g/mol. The number of hydrogen-bond donors (Lipinski definition) is 4. The highest BCUT2D eigenvalue weighted by Gasteiger charge is 2.25. The van der Waals surface area contributed by atoms with E-state index in [1.54, 1.807) is 7.05 Å². The van der Waals surface area contributed by atoms with E-state index in [9.17, 15) is 13.6 Å². The van der Waals surface area contributed by atoms with Gasteiger partial charge in [0.25, 0.3) is 5.91 Å². The van der Waals surface area contributed by atoms with Crippen molar-refractivity contribution in [1.29, 1.82) is 5.41 Å². The number of hydrazine groups is 2. The van der Waals surface area contributed by atoms with Gasteiger partial charge in [-0.3, -0.25) is 26.0 Å². The van der Waals surface area contributed by atoms with E-state index < -0.39 is 17.5 Å². The van der Waals surface area contributed by atoms with Crippen LogP contribution in [0, 0.1) is 17.0 Å². The molecule has 0 fully saturated rings. The zero-order chi connectivity index (χ0) is 20.4. The van der Waals surface area contributed by atoms with Crippen LogP contribution in [0.3, 0.4) is 0 Å². The van der Waals surface area contributed by atoms with Crippen molar-refractivity contribution in [1.82, 2.24) is 20.4 Å². The molecule has 0 spiro atoms. The quantitative estimate of drug-likeness (QED) is 0.259. The maximum absolute atomic E-state index is 14.4. The molecule has 3 rings (SSSR count). The van der Waals surface area contributed by atoms with Crippen LogP contribution in [0.5, 0.6) is 0 Å². The summed E-state index contributed by atoms with van der Waals surface area (Å²) in [6, 6.07) is 4.76. The summed E-state index contributed by atoms with van der Waals surface area (Å²) in [6.07, 6.45) is 0.528. The molecule has 0 saturated heterocycles. The molecule has 1 aromatic heterocycles. The summed E-state index contributed by atoms with van der Waals surface area (Å²) in [5.41, 5.74) is 9.81. The molecule has 0 atom stereocenters. The summed E-state index contributed by atoms with van der Waals surface area (Å²) in [5, 5.41) is 9.39. The second-order valence-electron chi connectivity index (χ2n) is 6.56. The molecule has 1 aliphatic rings. The van der Waals surface area contributed by atoms with E-state index in [0.717, 1.165) is 11.6 Å². The van der Waals surface area contributed by atoms with Crippen LogP contribution in [0.15, 0.2) is 24.3 Å². The zero-order valence-corrected chi connectivity index (χ0v) is 15.3. The van der Waals surface area contributed by atoms with Crippen LogP contribution < -0.4 is 17.1 Å². The number of carbonyl (C=O) groups excluding carboxylic acids is 1. The first-order valence-corrected chi connectivity index (χ1v) is 8.58. The van der Waals surface area contributed by atoms with Gasteiger partial charge in [-0.2, -0.15) is 5.53 Å². The Bertz CT molecular complexity index is 934. The van der Waals surface area contributed by atoms with Gasteiger partial charge in [0, 0.05) is 31.8 Å². The number of carbonyl (C=O) groups is 1. The van der Waals surface area contributed by atoms with Gasteiger partial charge >= 0.3 is 0 Å². The molecule has 0 bridgehead atoms. The first kappa shape index (κ1) is 19.8. The van der Waals surface area contributed by atoms with Gasteiger partial charge < -0.3 is 5.73 Å². The summed E-state index contributed by atoms with van der Waals surface area (Å²) in [4.78, 5) is 18.0. The molecule has 148 valence electrons. The predicted molar refractivity (Wildman–Crippen MR) is 99.9 cm³/mol. The van der Waals surface area contributed by atoms with Crippen molar-refractivity contribution in [2.75, 3.05) is 20.1 Å². The Morgan fingerprint density at radius 2 is 2.11 bits per heavy atom. The van der Waals surface area contributed by atoms with E-state index in [0.29, 0.717) is 37.3 Å². The predicted octanol–water partition coefficient (Wildman–Crippen LogP) is 0.771. The summed E-state index contributed by atoms with van der Waals surface area (Å²) >= 11 is 0. The first-order chi connectivity index (χ1) is 13.3. The molecule has 1 amide bonds. The third-order valence-corrected chi connectivity index (χ3v) is 4.71. The number of rotatable bonds is 5. The van der Waals surface area contributed by atoms with Crippen molar-refractivity contribution in [2.24, 2.45) is 11.6 Å². The van der Waals surface area contributed by atoms with Gasteiger partial charge in [-0.15, -0.1) is 0 Å². The number of primary amides is 1. The molecule has 2 heterocycles. The van der Waals surface area contributed by atoms with E-state index in [4.69, 9.17) is 17.0 Å². The van der Waals surface area contributed by atoms with Crippen LogP contribution in [0.4, 0.5) is 8.78 Å². The van der Waals surface area contributed by atoms with E-state index in [-0.39, 0.29) is 17.1 Å². The maximum Gasteiger partial charge on any atom is 0.267 e. The molecular weight excluding hydrogens is 368 g/mol. The van der Waals surface area contributed by atoms with E-state index in [1.165, 1.54) is 23.2 Å². The van der Waals surface area contributed by atoms with Gasteiger partial charge in [-0.25, -0.2) is 13.8 Å². The van der Waals surface area contributed by atoms with E-state index >= 15 is 0 Å². The SMILES string of the molecule is CN(NN)C(=N)CN1CCc2c(-c3ccc(F)cc3F)cc(C(N)=O)nc2C1. The molecule has 1 aliphatic heterocycles. The van der Waals surface area contributed by atoms with Gasteiger partial charge in [0.1, 0.15) is 23.2 Å². The highest BCUT2D eigenvalue weighted by atomic mass is 19.1. The number of pyridine rings is 1. The minimum absolute atomic E-state index is 0.00939. The van der Waals surface area contributed by atoms with Crippen LogP contribution in [-0.2, 0) is 13.0 Å². The largest absolute Gasteiger partial charge is 0.364 e. The molecule has 0 aliphatic carbocycles. The fraction of sp³-hybridized carbons (Fsp3) is 0.278. The molecular formula is C18H21F2N7O. The Kier molecular flexibility index (Phi) is 5.63. The Morgan fingerprint density at radius 3 is 2.75 bits per heavy atom. The van der Waals surface area contributed by atoms with Crippen molar-refractivity contribution < 1.29 is 13.6 Å². The first-order valence-electron chi connectivity index (χ1n) is 8.58. The van der Waals surface area contributed by atoms with E-state index in [1.807, 2.05) is 4.90 Å². The molecule has 6 N–H and O–H groups in total. The zero-order valence-electron chi connectivity index (χ0n) is 15.3. The number of amidine groups is 1. The lowest BCUT2D eigenvalue weighted by Gasteiger charge is -2.31. The molecule has 0 saturated carbocycles. The number of benzene rings is 1. The minimum Gasteiger partial charge on any atom is -0.364 e. The van der Waals surface area contributed by atoms with Gasteiger partial charge in [0.2, 0.25) is 0 Å². The lowest BCUT2D eigenvalue weighted by molar-refractivity contribution is 0.0995. The second-order valence-corrected chi connectivity index (χ2v) is 6.56. The second kappa shape index (κ2) is 7.97. The fourth-order valence-corrected chi connectivity index (χ4v) is 3.20. The molecule has 1 aromatic carbocycles. The number of amides is 1. The number of nitrogens with zero attached hydrogens (tertiary/aromatic N) is 3. The van der Waals surface area contributed by atoms with Gasteiger partial charge in [0.15, 0.2) is 0 Å². The molecule has 8 nitrogen and oxygen atoms in total. The van der Waals surface area contributed by atoms with Gasteiger partial charge in [-0.05, 0) is 35.7 Å². The van der Waals surface area contributed by atoms with Crippen molar-refractivity contribution in [3.8, 4) is 11.1 Å². The lowest BCUT2D eigenvalue weighted by atomic mass is 9.92. The van der Waals surface area contributed by atoms with Crippen LogP contribution in [0.1, 0.15) is 21.7 Å². The van der Waals surface area contributed by atoms with Crippen LogP contribution >= 0.6 is 0 Å². The van der Waals surface area contributed by atoms with Gasteiger partial charge in [0.05, 0.1) is 12.2 Å². The Hall–Kier alpha value is -2.95. The minimum atomic E-state index is -0.733. The van der Waals surface area contributed by atoms with E-state index in [2.05, 4.69) is 10.5 Å². The number of hydrogen-bond acceptors (Lipinski definition) is 6. The number of likely N-dealkylation sites (N-methyl/N-ethyl adjacent to an activating group) is 1. The van der Waals surface area contributed by atoms with Crippen LogP contribution in [0.2, 0.25) is 0 Å². The summed E-state index contributed by atoms with van der Waals surface area (Å²) in [5.74, 6) is 3.43. The third-order valence-electron chi connectivity index (χ3n) is 4.71. The monoisotopic (exact) mass is 389 g/mol. The number of halogens is 2. The highest BCUT2D eigenvalue weighted by Crippen LogP contribution is 2.32. The molecule has 0 unspecified atom stereocenters. The summed E-state index contributed by atoms with van der Waals surface area (Å²) < 4.78 is 27.7. The molecule has 2 aromatic rings. The highest BCUT2D eigenvalue weighted by molar-refractivity contribution is 5.92. The summed E-state index contributed by atoms with van der Waals surface area (Å²) in [7, 11) is 1.62. The Balaban J connectivity index is 1.99. The van der Waals surface area contributed by atoms with Crippen molar-refractivity contribution in [3.63, 3.8) is 0 Å². The normalized spacial score (nSPS) is 13.9. The third kappa shape index (κ3) is 3.98. The summed E-state index contributed by atoms with van der Waals surface area (Å²) in [6.45, 7) is 1.26. The number of nitrogens with one attached hydrogen (secondary N) is 2. The fourth-order valence-electron chi connectivity index (χ4n) is 3.20. The molecule has 28 heavy (non-hydrogen) atoms. The van der Waals surface area contributed by atoms with Crippen molar-refractivity contribution >= 4 is 11.7 Å². The smallest absolute Gasteiger partial charge is 0.267 e.